The van der Waals surface area contributed by atoms with E-state index in [0.717, 1.165) is 36.5 Å². The summed E-state index contributed by atoms with van der Waals surface area (Å²) in [4.78, 5) is 19.0. The molecule has 1 amide bonds. The molecule has 2 N–H and O–H groups in total. The number of rotatable bonds is 3. The Balaban J connectivity index is 1.68. The summed E-state index contributed by atoms with van der Waals surface area (Å²) in [6.45, 7) is 3.57. The summed E-state index contributed by atoms with van der Waals surface area (Å²) in [5.74, 6) is 0.531. The number of likely N-dealkylation sites (tertiary alicyclic amines) is 1. The SMILES string of the molecule is CC(N)C1CCN(C(=O)c2csc(-c3ccc(Cl)cc3)n2)CC1. The molecule has 2 aromatic rings. The highest BCUT2D eigenvalue weighted by Gasteiger charge is 2.26. The lowest BCUT2D eigenvalue weighted by Crippen LogP contribution is -2.42. The fraction of sp³-hybridized carbons (Fsp3) is 0.412. The molecule has 1 atom stereocenters. The molecule has 122 valence electrons. The van der Waals surface area contributed by atoms with E-state index in [1.807, 2.05) is 41.5 Å². The van der Waals surface area contributed by atoms with Gasteiger partial charge in [0.05, 0.1) is 0 Å². The summed E-state index contributed by atoms with van der Waals surface area (Å²) in [6, 6.07) is 7.70. The van der Waals surface area contributed by atoms with Crippen molar-refractivity contribution in [1.29, 1.82) is 0 Å². The maximum atomic E-state index is 12.6. The third kappa shape index (κ3) is 3.74. The molecular formula is C17H20ClN3OS. The number of carbonyl (C=O) groups excluding carboxylic acids is 1. The number of nitrogens with two attached hydrogens (primary N) is 1. The molecule has 0 bridgehead atoms. The summed E-state index contributed by atoms with van der Waals surface area (Å²) in [6.07, 6.45) is 1.94. The molecule has 0 spiro atoms. The van der Waals surface area contributed by atoms with Gasteiger partial charge < -0.3 is 10.6 Å². The van der Waals surface area contributed by atoms with Crippen molar-refractivity contribution in [2.45, 2.75) is 25.8 Å². The van der Waals surface area contributed by atoms with Crippen molar-refractivity contribution in [1.82, 2.24) is 9.88 Å². The second-order valence-corrected chi connectivity index (χ2v) is 7.33. The third-order valence-electron chi connectivity index (χ3n) is 4.38. The first-order chi connectivity index (χ1) is 11.0. The Morgan fingerprint density at radius 2 is 2.00 bits per heavy atom. The normalized spacial score (nSPS) is 17.3. The van der Waals surface area contributed by atoms with Crippen LogP contribution in [-0.4, -0.2) is 34.9 Å². The molecule has 4 nitrogen and oxygen atoms in total. The largest absolute Gasteiger partial charge is 0.337 e. The third-order valence-corrected chi connectivity index (χ3v) is 5.53. The Hall–Kier alpha value is -1.43. The summed E-state index contributed by atoms with van der Waals surface area (Å²) in [5, 5.41) is 3.37. The molecular weight excluding hydrogens is 330 g/mol. The van der Waals surface area contributed by atoms with Crippen molar-refractivity contribution in [3.8, 4) is 10.6 Å². The fourth-order valence-electron chi connectivity index (χ4n) is 2.89. The van der Waals surface area contributed by atoms with Crippen LogP contribution in [0, 0.1) is 5.92 Å². The number of aromatic nitrogens is 1. The highest BCUT2D eigenvalue weighted by molar-refractivity contribution is 7.13. The van der Waals surface area contributed by atoms with Crippen molar-refractivity contribution in [3.05, 3.63) is 40.4 Å². The van der Waals surface area contributed by atoms with Gasteiger partial charge in [-0.1, -0.05) is 23.7 Å². The molecule has 1 unspecified atom stereocenters. The lowest BCUT2D eigenvalue weighted by molar-refractivity contribution is 0.0676. The maximum absolute atomic E-state index is 12.6. The monoisotopic (exact) mass is 349 g/mol. The maximum Gasteiger partial charge on any atom is 0.273 e. The van der Waals surface area contributed by atoms with Gasteiger partial charge in [-0.25, -0.2) is 4.98 Å². The average molecular weight is 350 g/mol. The number of carbonyl (C=O) groups is 1. The van der Waals surface area contributed by atoms with Gasteiger partial charge in [0.1, 0.15) is 10.7 Å². The van der Waals surface area contributed by atoms with Crippen LogP contribution < -0.4 is 5.73 Å². The molecule has 1 aromatic heterocycles. The highest BCUT2D eigenvalue weighted by Crippen LogP contribution is 2.27. The number of piperidine rings is 1. The molecule has 1 aliphatic rings. The zero-order valence-electron chi connectivity index (χ0n) is 13.0. The van der Waals surface area contributed by atoms with Crippen LogP contribution in [0.25, 0.3) is 10.6 Å². The van der Waals surface area contributed by atoms with Crippen molar-refractivity contribution in [2.24, 2.45) is 11.7 Å². The standard InChI is InChI=1S/C17H20ClN3OS/c1-11(19)12-6-8-21(9-7-12)17(22)15-10-23-16(20-15)13-2-4-14(18)5-3-13/h2-5,10-12H,6-9,19H2,1H3. The van der Waals surface area contributed by atoms with E-state index in [-0.39, 0.29) is 11.9 Å². The minimum absolute atomic E-state index is 0.0181. The van der Waals surface area contributed by atoms with Crippen LogP contribution in [0.4, 0.5) is 0 Å². The zero-order valence-corrected chi connectivity index (χ0v) is 14.6. The Labute approximate surface area is 145 Å². The molecule has 1 fully saturated rings. The van der Waals surface area contributed by atoms with E-state index >= 15 is 0 Å². The highest BCUT2D eigenvalue weighted by atomic mass is 35.5. The average Bonchev–Trinajstić information content (AvgIpc) is 3.05. The Morgan fingerprint density at radius 3 is 2.61 bits per heavy atom. The molecule has 2 heterocycles. The summed E-state index contributed by atoms with van der Waals surface area (Å²) < 4.78 is 0. The molecule has 6 heteroatoms. The van der Waals surface area contributed by atoms with Gasteiger partial charge in [-0.15, -0.1) is 11.3 Å². The predicted octanol–water partition coefficient (Wildman–Crippen LogP) is 3.66. The van der Waals surface area contributed by atoms with Crippen LogP contribution >= 0.6 is 22.9 Å². The van der Waals surface area contributed by atoms with Gasteiger partial charge in [0.15, 0.2) is 0 Å². The minimum Gasteiger partial charge on any atom is -0.337 e. The molecule has 1 aliphatic heterocycles. The predicted molar refractivity (Wildman–Crippen MR) is 94.8 cm³/mol. The second kappa shape index (κ2) is 6.99. The summed E-state index contributed by atoms with van der Waals surface area (Å²) >= 11 is 7.39. The Morgan fingerprint density at radius 1 is 1.35 bits per heavy atom. The molecule has 23 heavy (non-hydrogen) atoms. The topological polar surface area (TPSA) is 59.2 Å². The van der Waals surface area contributed by atoms with Gasteiger partial charge in [0.2, 0.25) is 0 Å². The van der Waals surface area contributed by atoms with E-state index in [4.69, 9.17) is 17.3 Å². The Kier molecular flexibility index (Phi) is 4.99. The molecule has 3 rings (SSSR count). The van der Waals surface area contributed by atoms with Crippen LogP contribution in [-0.2, 0) is 0 Å². The van der Waals surface area contributed by atoms with Gasteiger partial charge in [-0.05, 0) is 37.8 Å². The number of benzene rings is 1. The molecule has 1 aromatic carbocycles. The Bertz CT molecular complexity index is 675. The van der Waals surface area contributed by atoms with E-state index in [9.17, 15) is 4.79 Å². The van der Waals surface area contributed by atoms with Gasteiger partial charge in [0.25, 0.3) is 5.91 Å². The lowest BCUT2D eigenvalue weighted by atomic mass is 9.91. The van der Waals surface area contributed by atoms with Crippen molar-refractivity contribution >= 4 is 28.8 Å². The summed E-state index contributed by atoms with van der Waals surface area (Å²) in [7, 11) is 0. The summed E-state index contributed by atoms with van der Waals surface area (Å²) in [5.41, 5.74) is 7.46. The number of halogens is 1. The van der Waals surface area contributed by atoms with E-state index in [1.165, 1.54) is 11.3 Å². The number of amides is 1. The second-order valence-electron chi connectivity index (χ2n) is 6.03. The first kappa shape index (κ1) is 16.4. The van der Waals surface area contributed by atoms with Gasteiger partial charge in [-0.3, -0.25) is 4.79 Å². The van der Waals surface area contributed by atoms with Crippen LogP contribution in [0.1, 0.15) is 30.3 Å². The lowest BCUT2D eigenvalue weighted by Gasteiger charge is -2.33. The van der Waals surface area contributed by atoms with Crippen LogP contribution in [0.5, 0.6) is 0 Å². The first-order valence-electron chi connectivity index (χ1n) is 7.81. The smallest absolute Gasteiger partial charge is 0.273 e. The molecule has 0 saturated carbocycles. The van der Waals surface area contributed by atoms with E-state index in [0.29, 0.717) is 16.6 Å². The minimum atomic E-state index is 0.0181. The molecule has 0 aliphatic carbocycles. The van der Waals surface area contributed by atoms with Crippen molar-refractivity contribution in [2.75, 3.05) is 13.1 Å². The van der Waals surface area contributed by atoms with Crippen LogP contribution in [0.3, 0.4) is 0 Å². The number of thiazole rings is 1. The van der Waals surface area contributed by atoms with E-state index < -0.39 is 0 Å². The van der Waals surface area contributed by atoms with Gasteiger partial charge in [0, 0.05) is 35.1 Å². The number of hydrogen-bond acceptors (Lipinski definition) is 4. The first-order valence-corrected chi connectivity index (χ1v) is 9.06. The number of nitrogens with zero attached hydrogens (tertiary/aromatic N) is 2. The van der Waals surface area contributed by atoms with Crippen LogP contribution in [0.15, 0.2) is 29.6 Å². The van der Waals surface area contributed by atoms with Gasteiger partial charge >= 0.3 is 0 Å². The van der Waals surface area contributed by atoms with Crippen molar-refractivity contribution in [3.63, 3.8) is 0 Å². The van der Waals surface area contributed by atoms with E-state index in [2.05, 4.69) is 4.98 Å². The van der Waals surface area contributed by atoms with E-state index in [1.54, 1.807) is 0 Å². The zero-order chi connectivity index (χ0) is 16.4. The van der Waals surface area contributed by atoms with Gasteiger partial charge in [-0.2, -0.15) is 0 Å². The number of hydrogen-bond donors (Lipinski definition) is 1. The molecule has 0 radical (unpaired) electrons. The molecule has 1 saturated heterocycles. The quantitative estimate of drug-likeness (QED) is 0.919. The van der Waals surface area contributed by atoms with Crippen molar-refractivity contribution < 1.29 is 4.79 Å². The fourth-order valence-corrected chi connectivity index (χ4v) is 3.81. The van der Waals surface area contributed by atoms with Crippen LogP contribution in [0.2, 0.25) is 5.02 Å².